The molecule has 0 amide bonds. The Morgan fingerprint density at radius 1 is 1.38 bits per heavy atom. The minimum Gasteiger partial charge on any atom is -0.253 e. The summed E-state index contributed by atoms with van der Waals surface area (Å²) < 4.78 is 2.02. The van der Waals surface area contributed by atoms with E-state index in [2.05, 4.69) is 22.0 Å². The van der Waals surface area contributed by atoms with E-state index in [0.29, 0.717) is 5.92 Å². The summed E-state index contributed by atoms with van der Waals surface area (Å²) in [5, 5.41) is 4.50. The molecule has 0 bridgehead atoms. The fourth-order valence-corrected chi connectivity index (χ4v) is 2.06. The van der Waals surface area contributed by atoms with Gasteiger partial charge in [0.25, 0.3) is 0 Å². The van der Waals surface area contributed by atoms with Crippen molar-refractivity contribution in [1.82, 2.24) is 19.7 Å². The van der Waals surface area contributed by atoms with Crippen molar-refractivity contribution in [3.63, 3.8) is 0 Å². The van der Waals surface area contributed by atoms with Crippen LogP contribution in [0.5, 0.6) is 0 Å². The molecule has 2 aromatic rings. The Balaban J connectivity index is 1.99. The van der Waals surface area contributed by atoms with Gasteiger partial charge < -0.3 is 0 Å². The molecule has 3 heterocycles. The van der Waals surface area contributed by atoms with Crippen LogP contribution in [0.1, 0.15) is 19.2 Å². The van der Waals surface area contributed by atoms with Crippen LogP contribution in [-0.2, 0) is 13.0 Å². The Bertz CT molecular complexity index is 489. The standard InChI is InChI=1S/C12H14N4/c1-9-5-7-16-11(8-9)14-12(15-16)10-4-2-3-6-13-10/h2-4,6,9H,5,7-8H2,1H3. The zero-order valence-corrected chi connectivity index (χ0v) is 9.30. The van der Waals surface area contributed by atoms with Crippen LogP contribution < -0.4 is 0 Å². The monoisotopic (exact) mass is 214 g/mol. The van der Waals surface area contributed by atoms with E-state index in [4.69, 9.17) is 0 Å². The third-order valence-electron chi connectivity index (χ3n) is 3.01. The summed E-state index contributed by atoms with van der Waals surface area (Å²) in [7, 11) is 0. The lowest BCUT2D eigenvalue weighted by atomic mass is 10.0. The summed E-state index contributed by atoms with van der Waals surface area (Å²) in [6.07, 6.45) is 4.00. The van der Waals surface area contributed by atoms with Crippen LogP contribution >= 0.6 is 0 Å². The second-order valence-electron chi connectivity index (χ2n) is 4.39. The first-order valence-electron chi connectivity index (χ1n) is 5.68. The zero-order valence-electron chi connectivity index (χ0n) is 9.30. The van der Waals surface area contributed by atoms with Crippen LogP contribution in [0.15, 0.2) is 24.4 Å². The lowest BCUT2D eigenvalue weighted by Gasteiger charge is -2.17. The van der Waals surface area contributed by atoms with Gasteiger partial charge in [0, 0.05) is 19.2 Å². The highest BCUT2D eigenvalue weighted by Crippen LogP contribution is 2.20. The van der Waals surface area contributed by atoms with Gasteiger partial charge in [-0.2, -0.15) is 0 Å². The van der Waals surface area contributed by atoms with Crippen LogP contribution in [0.2, 0.25) is 0 Å². The molecule has 0 aliphatic carbocycles. The SMILES string of the molecule is CC1CCn2nc(-c3ccccn3)nc2C1. The molecule has 82 valence electrons. The molecule has 3 rings (SSSR count). The minimum atomic E-state index is 0.716. The summed E-state index contributed by atoms with van der Waals surface area (Å²) in [4.78, 5) is 8.83. The van der Waals surface area contributed by atoms with Gasteiger partial charge in [-0.15, -0.1) is 5.10 Å². The fourth-order valence-electron chi connectivity index (χ4n) is 2.06. The third kappa shape index (κ3) is 1.60. The maximum atomic E-state index is 4.56. The quantitative estimate of drug-likeness (QED) is 0.728. The molecular weight excluding hydrogens is 200 g/mol. The van der Waals surface area contributed by atoms with Crippen molar-refractivity contribution >= 4 is 0 Å². The number of aryl methyl sites for hydroxylation is 1. The second-order valence-corrected chi connectivity index (χ2v) is 4.39. The lowest BCUT2D eigenvalue weighted by Crippen LogP contribution is -2.18. The van der Waals surface area contributed by atoms with Crippen molar-refractivity contribution in [2.24, 2.45) is 5.92 Å². The van der Waals surface area contributed by atoms with Crippen molar-refractivity contribution in [3.8, 4) is 11.5 Å². The molecule has 16 heavy (non-hydrogen) atoms. The van der Waals surface area contributed by atoms with E-state index in [9.17, 15) is 0 Å². The van der Waals surface area contributed by atoms with Gasteiger partial charge in [0.15, 0.2) is 5.82 Å². The molecule has 0 fully saturated rings. The highest BCUT2D eigenvalue weighted by molar-refractivity contribution is 5.47. The molecule has 0 saturated heterocycles. The van der Waals surface area contributed by atoms with E-state index >= 15 is 0 Å². The van der Waals surface area contributed by atoms with Crippen molar-refractivity contribution in [3.05, 3.63) is 30.2 Å². The minimum absolute atomic E-state index is 0.716. The number of pyridine rings is 1. The van der Waals surface area contributed by atoms with Crippen LogP contribution in [0, 0.1) is 5.92 Å². The average molecular weight is 214 g/mol. The van der Waals surface area contributed by atoms with E-state index in [0.717, 1.165) is 30.3 Å². The Morgan fingerprint density at radius 2 is 2.31 bits per heavy atom. The predicted octanol–water partition coefficient (Wildman–Crippen LogP) is 1.92. The highest BCUT2D eigenvalue weighted by Gasteiger charge is 2.19. The van der Waals surface area contributed by atoms with E-state index in [1.54, 1.807) is 6.20 Å². The maximum absolute atomic E-state index is 4.56. The summed E-state index contributed by atoms with van der Waals surface area (Å²) in [6.45, 7) is 3.24. The molecule has 0 N–H and O–H groups in total. The van der Waals surface area contributed by atoms with Crippen LogP contribution in [0.4, 0.5) is 0 Å². The van der Waals surface area contributed by atoms with E-state index in [1.807, 2.05) is 22.9 Å². The summed E-state index contributed by atoms with van der Waals surface area (Å²) in [6, 6.07) is 5.82. The first-order chi connectivity index (χ1) is 7.83. The number of nitrogens with zero attached hydrogens (tertiary/aromatic N) is 4. The molecule has 1 atom stereocenters. The number of fused-ring (bicyclic) bond motifs is 1. The largest absolute Gasteiger partial charge is 0.253 e. The summed E-state index contributed by atoms with van der Waals surface area (Å²) in [5.74, 6) is 2.57. The van der Waals surface area contributed by atoms with E-state index in [-0.39, 0.29) is 0 Å². The highest BCUT2D eigenvalue weighted by atomic mass is 15.4. The van der Waals surface area contributed by atoms with Crippen LogP contribution in [0.3, 0.4) is 0 Å². The van der Waals surface area contributed by atoms with Gasteiger partial charge in [0.2, 0.25) is 0 Å². The predicted molar refractivity (Wildman–Crippen MR) is 60.7 cm³/mol. The van der Waals surface area contributed by atoms with Crippen molar-refractivity contribution in [1.29, 1.82) is 0 Å². The number of hydrogen-bond donors (Lipinski definition) is 0. The Labute approximate surface area is 94.4 Å². The van der Waals surface area contributed by atoms with Crippen molar-refractivity contribution in [2.75, 3.05) is 0 Å². The van der Waals surface area contributed by atoms with Gasteiger partial charge in [0.1, 0.15) is 11.5 Å². The number of aromatic nitrogens is 4. The van der Waals surface area contributed by atoms with Gasteiger partial charge in [-0.25, -0.2) is 9.67 Å². The van der Waals surface area contributed by atoms with Gasteiger partial charge >= 0.3 is 0 Å². The average Bonchev–Trinajstić information content (AvgIpc) is 2.73. The number of rotatable bonds is 1. The van der Waals surface area contributed by atoms with Gasteiger partial charge in [-0.1, -0.05) is 13.0 Å². The first kappa shape index (κ1) is 9.51. The molecule has 1 unspecified atom stereocenters. The summed E-state index contributed by atoms with van der Waals surface area (Å²) >= 11 is 0. The first-order valence-corrected chi connectivity index (χ1v) is 5.68. The van der Waals surface area contributed by atoms with Gasteiger partial charge in [-0.3, -0.25) is 4.98 Å². The molecule has 0 aromatic carbocycles. The zero-order chi connectivity index (χ0) is 11.0. The molecule has 1 aliphatic rings. The molecule has 2 aromatic heterocycles. The maximum Gasteiger partial charge on any atom is 0.200 e. The topological polar surface area (TPSA) is 43.6 Å². The Kier molecular flexibility index (Phi) is 2.20. The van der Waals surface area contributed by atoms with Crippen LogP contribution in [-0.4, -0.2) is 19.7 Å². The number of hydrogen-bond acceptors (Lipinski definition) is 3. The molecule has 0 radical (unpaired) electrons. The summed E-state index contributed by atoms with van der Waals surface area (Å²) in [5.41, 5.74) is 0.858. The van der Waals surface area contributed by atoms with E-state index < -0.39 is 0 Å². The Morgan fingerprint density at radius 3 is 3.12 bits per heavy atom. The van der Waals surface area contributed by atoms with Gasteiger partial charge in [0.05, 0.1) is 0 Å². The van der Waals surface area contributed by atoms with Crippen molar-refractivity contribution in [2.45, 2.75) is 26.3 Å². The molecule has 0 saturated carbocycles. The lowest BCUT2D eigenvalue weighted by molar-refractivity contribution is 0.386. The van der Waals surface area contributed by atoms with Crippen molar-refractivity contribution < 1.29 is 0 Å². The second kappa shape index (κ2) is 3.70. The van der Waals surface area contributed by atoms with Gasteiger partial charge in [-0.05, 0) is 24.5 Å². The van der Waals surface area contributed by atoms with E-state index in [1.165, 1.54) is 6.42 Å². The Hall–Kier alpha value is -1.71. The normalized spacial score (nSPS) is 19.4. The molecule has 4 nitrogen and oxygen atoms in total. The smallest absolute Gasteiger partial charge is 0.200 e. The van der Waals surface area contributed by atoms with Crippen LogP contribution in [0.25, 0.3) is 11.5 Å². The molecule has 1 aliphatic heterocycles. The molecule has 4 heteroatoms. The molecular formula is C12H14N4. The third-order valence-corrected chi connectivity index (χ3v) is 3.01. The molecule has 0 spiro atoms. The fraction of sp³-hybridized carbons (Fsp3) is 0.417.